The Labute approximate surface area is 164 Å². The van der Waals surface area contributed by atoms with Crippen LogP contribution in [0.1, 0.15) is 16.6 Å². The molecule has 1 saturated heterocycles. The quantitative estimate of drug-likeness (QED) is 0.668. The van der Waals surface area contributed by atoms with E-state index >= 15 is 4.39 Å². The maximum Gasteiger partial charge on any atom is 0.259 e. The van der Waals surface area contributed by atoms with E-state index in [4.69, 9.17) is 16.3 Å². The van der Waals surface area contributed by atoms with Crippen molar-refractivity contribution in [3.05, 3.63) is 57.5 Å². The third-order valence-electron chi connectivity index (χ3n) is 4.48. The molecule has 0 radical (unpaired) electrons. The number of aromatic nitrogens is 2. The molecule has 0 atom stereocenters. The molecule has 3 heterocycles. The lowest BCUT2D eigenvalue weighted by molar-refractivity contribution is -0.0814. The van der Waals surface area contributed by atoms with Crippen LogP contribution in [-0.2, 0) is 11.3 Å². The molecule has 5 nitrogen and oxygen atoms in total. The molecule has 2 aromatic heterocycles. The highest BCUT2D eigenvalue weighted by Gasteiger charge is 2.44. The van der Waals surface area contributed by atoms with Crippen molar-refractivity contribution in [2.45, 2.75) is 13.5 Å². The van der Waals surface area contributed by atoms with Crippen LogP contribution in [0.25, 0.3) is 11.3 Å². The normalized spacial score (nSPS) is 15.4. The van der Waals surface area contributed by atoms with Gasteiger partial charge >= 0.3 is 0 Å². The minimum Gasteiger partial charge on any atom is -0.379 e. The predicted molar refractivity (Wildman–Crippen MR) is 104 cm³/mol. The molecule has 3 aromatic rings. The highest BCUT2D eigenvalue weighted by atomic mass is 35.5. The number of nitrogens with zero attached hydrogens (tertiary/aromatic N) is 2. The summed E-state index contributed by atoms with van der Waals surface area (Å²) in [6.45, 7) is 2.74. The van der Waals surface area contributed by atoms with E-state index in [9.17, 15) is 4.79 Å². The fraction of sp³-hybridized carbons (Fsp3) is 0.263. The Morgan fingerprint density at radius 2 is 2.07 bits per heavy atom. The van der Waals surface area contributed by atoms with Gasteiger partial charge in [-0.1, -0.05) is 41.9 Å². The number of hydrogen-bond donors (Lipinski definition) is 1. The summed E-state index contributed by atoms with van der Waals surface area (Å²) in [6.07, 6.45) is 0. The summed E-state index contributed by atoms with van der Waals surface area (Å²) in [4.78, 5) is 13.9. The third kappa shape index (κ3) is 3.38. The first-order valence-electron chi connectivity index (χ1n) is 8.42. The van der Waals surface area contributed by atoms with Gasteiger partial charge in [-0.3, -0.25) is 4.79 Å². The Morgan fingerprint density at radius 1 is 1.33 bits per heavy atom. The molecule has 0 saturated carbocycles. The average molecular weight is 406 g/mol. The number of anilines is 1. The summed E-state index contributed by atoms with van der Waals surface area (Å²) in [5.74, 6) is -0.793. The SMILES string of the molecule is CC1(C(=O)n2nc(-c3ccccc3)c(F)c2NCc2ccc(Cl)s2)COC1. The standard InChI is InChI=1S/C19H17ClFN3O2S/c1-19(10-26-11-19)18(25)24-17(22-9-13-7-8-14(20)27-13)15(21)16(23-24)12-5-3-2-4-6-12/h2-8,22H,9-11H2,1H3. The first-order chi connectivity index (χ1) is 13.0. The summed E-state index contributed by atoms with van der Waals surface area (Å²) >= 11 is 7.35. The predicted octanol–water partition coefficient (Wildman–Crippen LogP) is 4.69. The van der Waals surface area contributed by atoms with E-state index in [1.807, 2.05) is 12.1 Å². The molecule has 8 heteroatoms. The lowest BCUT2D eigenvalue weighted by atomic mass is 9.88. The summed E-state index contributed by atoms with van der Waals surface area (Å²) in [5.41, 5.74) is 0.0491. The first-order valence-corrected chi connectivity index (χ1v) is 9.62. The van der Waals surface area contributed by atoms with Gasteiger partial charge in [-0.2, -0.15) is 9.78 Å². The Bertz CT molecular complexity index is 982. The van der Waals surface area contributed by atoms with Crippen LogP contribution in [0.3, 0.4) is 0 Å². The summed E-state index contributed by atoms with van der Waals surface area (Å²) in [7, 11) is 0. The molecule has 0 bridgehead atoms. The van der Waals surface area contributed by atoms with E-state index in [0.29, 0.717) is 29.7 Å². The van der Waals surface area contributed by atoms with Gasteiger partial charge in [0.05, 0.1) is 29.5 Å². The van der Waals surface area contributed by atoms with E-state index in [-0.39, 0.29) is 17.4 Å². The number of rotatable bonds is 5. The molecular formula is C19H17ClFN3O2S. The number of benzene rings is 1. The average Bonchev–Trinajstić information content (AvgIpc) is 3.21. The number of carbonyl (C=O) groups is 1. The van der Waals surface area contributed by atoms with Crippen LogP contribution >= 0.6 is 22.9 Å². The number of hydrogen-bond acceptors (Lipinski definition) is 5. The fourth-order valence-corrected chi connectivity index (χ4v) is 3.91. The van der Waals surface area contributed by atoms with Gasteiger partial charge in [0.2, 0.25) is 0 Å². The molecule has 0 aliphatic carbocycles. The largest absolute Gasteiger partial charge is 0.379 e. The van der Waals surface area contributed by atoms with Gasteiger partial charge < -0.3 is 10.1 Å². The number of thiophene rings is 1. The molecule has 1 aliphatic rings. The van der Waals surface area contributed by atoms with Crippen LogP contribution in [0.15, 0.2) is 42.5 Å². The van der Waals surface area contributed by atoms with Crippen LogP contribution in [0.5, 0.6) is 0 Å². The number of carbonyl (C=O) groups excluding carboxylic acids is 1. The number of ether oxygens (including phenoxy) is 1. The third-order valence-corrected chi connectivity index (χ3v) is 5.71. The van der Waals surface area contributed by atoms with Gasteiger partial charge in [-0.05, 0) is 19.1 Å². The molecular weight excluding hydrogens is 389 g/mol. The van der Waals surface area contributed by atoms with E-state index in [0.717, 1.165) is 9.56 Å². The van der Waals surface area contributed by atoms with Gasteiger partial charge in [-0.15, -0.1) is 11.3 Å². The molecule has 27 heavy (non-hydrogen) atoms. The van der Waals surface area contributed by atoms with Crippen molar-refractivity contribution in [1.29, 1.82) is 0 Å². The molecule has 0 unspecified atom stereocenters. The highest BCUT2D eigenvalue weighted by molar-refractivity contribution is 7.16. The Hall–Kier alpha value is -2.22. The second kappa shape index (κ2) is 7.07. The van der Waals surface area contributed by atoms with E-state index in [2.05, 4.69) is 10.4 Å². The van der Waals surface area contributed by atoms with Gasteiger partial charge in [0, 0.05) is 10.4 Å². The zero-order valence-corrected chi connectivity index (χ0v) is 16.1. The zero-order valence-electron chi connectivity index (χ0n) is 14.5. The minimum absolute atomic E-state index is 0.0523. The van der Waals surface area contributed by atoms with Crippen molar-refractivity contribution in [1.82, 2.24) is 9.78 Å². The minimum atomic E-state index is -0.699. The second-order valence-electron chi connectivity index (χ2n) is 6.71. The van der Waals surface area contributed by atoms with Gasteiger partial charge in [0.15, 0.2) is 11.6 Å². The van der Waals surface area contributed by atoms with Crippen molar-refractivity contribution < 1.29 is 13.9 Å². The number of nitrogens with one attached hydrogen (secondary N) is 1. The summed E-state index contributed by atoms with van der Waals surface area (Å²) < 4.78 is 22.2. The molecule has 1 aliphatic heterocycles. The maximum atomic E-state index is 15.2. The lowest BCUT2D eigenvalue weighted by Crippen LogP contribution is -2.49. The molecule has 4 rings (SSSR count). The molecule has 140 valence electrons. The zero-order chi connectivity index (χ0) is 19.0. The van der Waals surface area contributed by atoms with Crippen molar-refractivity contribution in [2.24, 2.45) is 5.41 Å². The van der Waals surface area contributed by atoms with Crippen LogP contribution in [-0.4, -0.2) is 28.9 Å². The van der Waals surface area contributed by atoms with Crippen molar-refractivity contribution in [3.63, 3.8) is 0 Å². The van der Waals surface area contributed by atoms with Crippen molar-refractivity contribution >= 4 is 34.7 Å². The van der Waals surface area contributed by atoms with Crippen molar-refractivity contribution in [2.75, 3.05) is 18.5 Å². The van der Waals surface area contributed by atoms with E-state index < -0.39 is 11.2 Å². The lowest BCUT2D eigenvalue weighted by Gasteiger charge is -2.35. The van der Waals surface area contributed by atoms with Crippen LogP contribution < -0.4 is 5.32 Å². The van der Waals surface area contributed by atoms with Gasteiger partial charge in [0.1, 0.15) is 5.69 Å². The Morgan fingerprint density at radius 3 is 2.67 bits per heavy atom. The summed E-state index contributed by atoms with van der Waals surface area (Å²) in [6, 6.07) is 12.6. The van der Waals surface area contributed by atoms with Crippen LogP contribution in [0.2, 0.25) is 4.34 Å². The van der Waals surface area contributed by atoms with E-state index in [1.165, 1.54) is 11.3 Å². The smallest absolute Gasteiger partial charge is 0.259 e. The summed E-state index contributed by atoms with van der Waals surface area (Å²) in [5, 5.41) is 7.32. The maximum absolute atomic E-state index is 15.2. The Balaban J connectivity index is 1.72. The van der Waals surface area contributed by atoms with Crippen LogP contribution in [0, 0.1) is 11.2 Å². The van der Waals surface area contributed by atoms with Crippen LogP contribution in [0.4, 0.5) is 10.2 Å². The first kappa shape index (κ1) is 18.2. The topological polar surface area (TPSA) is 56.2 Å². The molecule has 0 spiro atoms. The van der Waals surface area contributed by atoms with Crippen molar-refractivity contribution in [3.8, 4) is 11.3 Å². The van der Waals surface area contributed by atoms with Gasteiger partial charge in [-0.25, -0.2) is 4.39 Å². The molecule has 0 amide bonds. The fourth-order valence-electron chi connectivity index (χ4n) is 2.88. The monoisotopic (exact) mass is 405 g/mol. The van der Waals surface area contributed by atoms with E-state index in [1.54, 1.807) is 37.3 Å². The Kier molecular flexibility index (Phi) is 4.75. The van der Waals surface area contributed by atoms with Gasteiger partial charge in [0.25, 0.3) is 5.91 Å². The highest BCUT2D eigenvalue weighted by Crippen LogP contribution is 2.34. The second-order valence-corrected chi connectivity index (χ2v) is 8.51. The molecule has 1 fully saturated rings. The number of halogens is 2. The molecule has 1 N–H and O–H groups in total. The molecule has 1 aromatic carbocycles.